The summed E-state index contributed by atoms with van der Waals surface area (Å²) in [6.07, 6.45) is 4.97. The quantitative estimate of drug-likeness (QED) is 0.137. The molecule has 2 aliphatic heterocycles. The summed E-state index contributed by atoms with van der Waals surface area (Å²) >= 11 is 7.60. The number of thioether (sulfide) groups is 1. The van der Waals surface area contributed by atoms with E-state index in [1.807, 2.05) is 43.3 Å². The molecule has 5 aromatic rings. The van der Waals surface area contributed by atoms with Gasteiger partial charge in [0.25, 0.3) is 11.5 Å². The van der Waals surface area contributed by atoms with Crippen LogP contribution >= 0.6 is 35.3 Å². The molecule has 276 valence electrons. The number of carbonyl (C=O) groups excluding carboxylic acids is 1. The average molecular weight is 779 g/mol. The number of fused-ring (bicyclic) bond motifs is 4. The molecule has 2 unspecified atom stereocenters. The Labute approximate surface area is 324 Å². The number of thiocarbonyl (C=S) groups is 1. The van der Waals surface area contributed by atoms with Crippen LogP contribution in [0.5, 0.6) is 0 Å². The van der Waals surface area contributed by atoms with Crippen molar-refractivity contribution in [2.45, 2.75) is 58.5 Å². The van der Waals surface area contributed by atoms with Crippen LogP contribution < -0.4 is 30.2 Å². The van der Waals surface area contributed by atoms with Gasteiger partial charge in [-0.3, -0.25) is 23.9 Å². The predicted molar refractivity (Wildman–Crippen MR) is 220 cm³/mol. The largest absolute Gasteiger partial charge is 0.480 e. The van der Waals surface area contributed by atoms with Crippen LogP contribution in [-0.4, -0.2) is 56.4 Å². The summed E-state index contributed by atoms with van der Waals surface area (Å²) in [6, 6.07) is 22.5. The van der Waals surface area contributed by atoms with Gasteiger partial charge in [0.05, 0.1) is 10.1 Å². The fraction of sp³-hybridized carbons (Fsp3) is 0.293. The first-order valence-corrected chi connectivity index (χ1v) is 20.2. The van der Waals surface area contributed by atoms with Crippen molar-refractivity contribution in [1.82, 2.24) is 9.47 Å². The van der Waals surface area contributed by atoms with Gasteiger partial charge in [0, 0.05) is 60.1 Å². The molecule has 4 heterocycles. The summed E-state index contributed by atoms with van der Waals surface area (Å²) in [7, 11) is 0. The summed E-state index contributed by atoms with van der Waals surface area (Å²) in [4.78, 5) is 58.1. The molecule has 10 nitrogen and oxygen atoms in total. The molecule has 2 aromatic heterocycles. The van der Waals surface area contributed by atoms with Crippen LogP contribution in [0.15, 0.2) is 80.7 Å². The number of anilines is 3. The maximum Gasteiger partial charge on any atom is 0.344 e. The topological polar surface area (TPSA) is 116 Å². The number of hydrogen-bond donors (Lipinski definition) is 1. The van der Waals surface area contributed by atoms with E-state index in [2.05, 4.69) is 54.0 Å². The first kappa shape index (κ1) is 36.0. The Hall–Kier alpha value is -4.98. The molecule has 1 N–H and O–H groups in total. The van der Waals surface area contributed by atoms with Crippen LogP contribution in [-0.2, 0) is 16.1 Å². The molecule has 2 fully saturated rings. The molecule has 1 amide bonds. The number of carbonyl (C=O) groups is 2. The van der Waals surface area contributed by atoms with Crippen LogP contribution in [0.25, 0.3) is 33.1 Å². The van der Waals surface area contributed by atoms with Gasteiger partial charge in [-0.05, 0) is 98.8 Å². The van der Waals surface area contributed by atoms with E-state index in [0.29, 0.717) is 37.1 Å². The van der Waals surface area contributed by atoms with Gasteiger partial charge in [0.2, 0.25) is 0 Å². The fourth-order valence-corrected chi connectivity index (χ4v) is 10.7. The van der Waals surface area contributed by atoms with E-state index in [0.717, 1.165) is 93.6 Å². The van der Waals surface area contributed by atoms with Crippen LogP contribution in [0.3, 0.4) is 0 Å². The maximum absolute atomic E-state index is 13.6. The van der Waals surface area contributed by atoms with Crippen LogP contribution in [0, 0.1) is 0 Å². The van der Waals surface area contributed by atoms with E-state index in [1.165, 1.54) is 10.5 Å². The number of hydrogen-bond acceptors (Lipinski definition) is 10. The molecule has 0 spiro atoms. The third-order valence-corrected chi connectivity index (χ3v) is 13.4. The number of thiazole rings is 1. The minimum atomic E-state index is -1.17. The number of nitrogens with zero attached hydrogens (tertiary/aromatic N) is 4. The zero-order valence-corrected chi connectivity index (χ0v) is 32.5. The van der Waals surface area contributed by atoms with Crippen molar-refractivity contribution in [3.8, 4) is 11.1 Å². The lowest BCUT2D eigenvalue weighted by molar-refractivity contribution is -0.137. The Kier molecular flexibility index (Phi) is 9.57. The smallest absolute Gasteiger partial charge is 0.344 e. The van der Waals surface area contributed by atoms with Crippen molar-refractivity contribution in [1.29, 1.82) is 0 Å². The molecule has 3 aliphatic rings. The summed E-state index contributed by atoms with van der Waals surface area (Å²) in [6.45, 7) is 7.59. The zero-order valence-electron chi connectivity index (χ0n) is 30.0. The molecular weight excluding hydrogens is 741 g/mol. The van der Waals surface area contributed by atoms with Crippen LogP contribution in [0.4, 0.5) is 17.1 Å². The van der Waals surface area contributed by atoms with Gasteiger partial charge in [0.1, 0.15) is 26.0 Å². The highest BCUT2D eigenvalue weighted by molar-refractivity contribution is 8.30. The Morgan fingerprint density at radius 2 is 1.78 bits per heavy atom. The first-order chi connectivity index (χ1) is 26.1. The van der Waals surface area contributed by atoms with Gasteiger partial charge in [-0.1, -0.05) is 48.6 Å². The lowest BCUT2D eigenvalue weighted by Gasteiger charge is -2.27. The van der Waals surface area contributed by atoms with Crippen LogP contribution in [0.1, 0.15) is 57.1 Å². The van der Waals surface area contributed by atoms with Gasteiger partial charge >= 0.3 is 11.6 Å². The van der Waals surface area contributed by atoms with Crippen molar-refractivity contribution in [2.24, 2.45) is 0 Å². The number of carboxylic acid groups (broad SMARTS) is 1. The normalized spacial score (nSPS) is 19.3. The van der Waals surface area contributed by atoms with Crippen LogP contribution in [0.2, 0.25) is 0 Å². The van der Waals surface area contributed by atoms with Gasteiger partial charge < -0.3 is 19.3 Å². The standard InChI is InChI=1S/C41H38N4O6S3/c1-4-42(5-2)27-16-13-25-20-29(40(50)51-33(25)21-27)24-11-14-26(15-12-24)45-31-9-7-8-28(31)30-18-23(10-17-32(30)45)19-34-37(48)44(22-35(46)47)39(53-34)36-38(49)43(6-3)41(52)54-36/h10-21,28,31H,4-9,22H2,1-3H3,(H,46,47). The second-order valence-corrected chi connectivity index (χ2v) is 16.3. The highest BCUT2D eigenvalue weighted by Crippen LogP contribution is 2.52. The lowest BCUT2D eigenvalue weighted by Crippen LogP contribution is -2.35. The number of carboxylic acids is 1. The molecule has 1 saturated heterocycles. The Bertz CT molecular complexity index is 2610. The Morgan fingerprint density at radius 3 is 2.48 bits per heavy atom. The average Bonchev–Trinajstić information content (AvgIpc) is 3.90. The molecular formula is C41H38N4O6S3. The van der Waals surface area contributed by atoms with Crippen molar-refractivity contribution in [2.75, 3.05) is 29.4 Å². The second-order valence-electron chi connectivity index (χ2n) is 13.6. The number of benzene rings is 3. The molecule has 0 bridgehead atoms. The number of amides is 1. The van der Waals surface area contributed by atoms with Crippen molar-refractivity contribution in [3.05, 3.63) is 108 Å². The molecule has 13 heteroatoms. The van der Waals surface area contributed by atoms with E-state index < -0.39 is 18.1 Å². The van der Waals surface area contributed by atoms with Gasteiger partial charge in [0.15, 0.2) is 0 Å². The summed E-state index contributed by atoms with van der Waals surface area (Å²) in [5.41, 5.74) is 6.26. The monoisotopic (exact) mass is 778 g/mol. The predicted octanol–water partition coefficient (Wildman–Crippen LogP) is 6.22. The molecule has 1 saturated carbocycles. The first-order valence-electron chi connectivity index (χ1n) is 18.2. The van der Waals surface area contributed by atoms with Crippen molar-refractivity contribution < 1.29 is 19.1 Å². The number of aliphatic carboxylic acids is 1. The van der Waals surface area contributed by atoms with Gasteiger partial charge in [-0.25, -0.2) is 4.79 Å². The van der Waals surface area contributed by atoms with Crippen molar-refractivity contribution >= 4 is 90.5 Å². The molecule has 54 heavy (non-hydrogen) atoms. The SMILES string of the molecule is CCN1C(=O)C(=c2sc(=Cc3ccc4c(c3)C3CCCC3N4c3ccc(-c4cc5ccc(N(CC)CC)cc5oc4=O)cc3)c(=O)n2CC(=O)O)SC1=S. The number of rotatable bonds is 9. The highest BCUT2D eigenvalue weighted by atomic mass is 32.2. The molecule has 2 atom stereocenters. The van der Waals surface area contributed by atoms with E-state index in [-0.39, 0.29) is 22.5 Å². The zero-order chi connectivity index (χ0) is 37.8. The van der Waals surface area contributed by atoms with E-state index in [4.69, 9.17) is 16.6 Å². The summed E-state index contributed by atoms with van der Waals surface area (Å²) in [5, 5.41) is 10.5. The number of aromatic nitrogens is 1. The molecule has 8 rings (SSSR count). The van der Waals surface area contributed by atoms with Gasteiger partial charge in [-0.15, -0.1) is 11.3 Å². The lowest BCUT2D eigenvalue weighted by atomic mass is 9.96. The van der Waals surface area contributed by atoms with Gasteiger partial charge in [-0.2, -0.15) is 0 Å². The van der Waals surface area contributed by atoms with E-state index >= 15 is 0 Å². The summed E-state index contributed by atoms with van der Waals surface area (Å²) < 4.78 is 8.03. The third-order valence-electron chi connectivity index (χ3n) is 10.7. The molecule has 0 radical (unpaired) electrons. The highest BCUT2D eigenvalue weighted by Gasteiger charge is 2.42. The molecule has 1 aliphatic carbocycles. The second kappa shape index (κ2) is 14.3. The maximum atomic E-state index is 13.6. The minimum Gasteiger partial charge on any atom is -0.480 e. The van der Waals surface area contributed by atoms with Crippen molar-refractivity contribution in [3.63, 3.8) is 0 Å². The van der Waals surface area contributed by atoms with E-state index in [9.17, 15) is 24.3 Å². The minimum absolute atomic E-state index is 0.278. The third kappa shape index (κ3) is 6.17. The summed E-state index contributed by atoms with van der Waals surface area (Å²) in [5.74, 6) is -1.17. The fourth-order valence-electron chi connectivity index (χ4n) is 8.11. The van der Waals surface area contributed by atoms with E-state index in [1.54, 1.807) is 6.08 Å². The molecule has 3 aromatic carbocycles. The Balaban J connectivity index is 1.13. The Morgan fingerprint density at radius 1 is 1.00 bits per heavy atom.